The number of rotatable bonds is 9. The highest BCUT2D eigenvalue weighted by Crippen LogP contribution is 2.44. The van der Waals surface area contributed by atoms with Crippen molar-refractivity contribution in [1.29, 1.82) is 0 Å². The van der Waals surface area contributed by atoms with E-state index in [0.717, 1.165) is 39.1 Å². The van der Waals surface area contributed by atoms with Gasteiger partial charge in [0.15, 0.2) is 0 Å². The molecule has 60 heavy (non-hydrogen) atoms. The molecule has 0 aliphatic carbocycles. The number of imidazole rings is 1. The number of aromatic hydroxyl groups is 1. The third-order valence-corrected chi connectivity index (χ3v) is 11.1. The van der Waals surface area contributed by atoms with Crippen LogP contribution in [0, 0.1) is 6.85 Å². The van der Waals surface area contributed by atoms with Crippen molar-refractivity contribution in [3.8, 4) is 67.5 Å². The fourth-order valence-corrected chi connectivity index (χ4v) is 7.64. The molecule has 0 atom stereocenters. The molecule has 0 aliphatic rings. The molecule has 0 radical (unpaired) electrons. The zero-order valence-electron chi connectivity index (χ0n) is 46.7. The first kappa shape index (κ1) is 29.0. The molecule has 4 heteroatoms. The van der Waals surface area contributed by atoms with E-state index in [0.29, 0.717) is 39.1 Å². The second kappa shape index (κ2) is 16.1. The Kier molecular flexibility index (Phi) is 7.78. The molecular weight excluding hydrogens is 731 g/mol. The molecule has 6 aromatic carbocycles. The predicted octanol–water partition coefficient (Wildman–Crippen LogP) is 15.4. The number of hydrogen-bond acceptors (Lipinski definition) is 3. The maximum atomic E-state index is 12.3. The van der Waals surface area contributed by atoms with Crippen molar-refractivity contribution in [2.24, 2.45) is 0 Å². The van der Waals surface area contributed by atoms with Crippen molar-refractivity contribution in [2.45, 2.75) is 92.3 Å². The Balaban J connectivity index is 1.47. The molecule has 0 bridgehead atoms. The molecule has 4 nitrogen and oxygen atoms in total. The van der Waals surface area contributed by atoms with Gasteiger partial charge in [0.05, 0.1) is 37.6 Å². The molecule has 2 heterocycles. The number of nitrogens with zero attached hydrogens (tertiary/aromatic N) is 3. The maximum Gasteiger partial charge on any atom is 0.149 e. The van der Waals surface area contributed by atoms with Crippen LogP contribution in [-0.4, -0.2) is 19.6 Å². The van der Waals surface area contributed by atoms with E-state index in [4.69, 9.17) is 18.7 Å². The third-order valence-electron chi connectivity index (χ3n) is 11.1. The number of phenolic OH excluding ortho intramolecular Hbond substituents is 1. The van der Waals surface area contributed by atoms with E-state index in [9.17, 15) is 6.48 Å². The molecule has 1 N–H and O–H groups in total. The summed E-state index contributed by atoms with van der Waals surface area (Å²) in [7, 11) is 0. The van der Waals surface area contributed by atoms with E-state index < -0.39 is 71.7 Å². The highest BCUT2D eigenvalue weighted by Gasteiger charge is 2.26. The van der Waals surface area contributed by atoms with Crippen molar-refractivity contribution in [3.05, 3.63) is 167 Å². The van der Waals surface area contributed by atoms with Crippen LogP contribution in [0.5, 0.6) is 5.75 Å². The summed E-state index contributed by atoms with van der Waals surface area (Å²) in [6.45, 7) is 15.2. The first-order chi connectivity index (χ1) is 33.1. The van der Waals surface area contributed by atoms with Crippen molar-refractivity contribution < 1.29 is 20.2 Å². The summed E-state index contributed by atoms with van der Waals surface area (Å²) in [5, 5.41) is 12.3. The Morgan fingerprint density at radius 2 is 1.40 bits per heavy atom. The van der Waals surface area contributed by atoms with Gasteiger partial charge < -0.3 is 5.11 Å². The van der Waals surface area contributed by atoms with Crippen LogP contribution in [0.1, 0.15) is 123 Å². The number of phenols is 1. The van der Waals surface area contributed by atoms with Gasteiger partial charge >= 0.3 is 0 Å². The van der Waals surface area contributed by atoms with Crippen LogP contribution < -0.4 is 0 Å². The van der Waals surface area contributed by atoms with Crippen LogP contribution in [-0.2, 0) is 5.41 Å². The quantitative estimate of drug-likeness (QED) is 0.158. The zero-order chi connectivity index (χ0) is 52.0. The molecule has 0 unspecified atom stereocenters. The lowest BCUT2D eigenvalue weighted by Gasteiger charge is -2.22. The minimum absolute atomic E-state index is 0.0146. The molecule has 0 amide bonds. The van der Waals surface area contributed by atoms with Crippen LogP contribution in [0.4, 0.5) is 0 Å². The Labute approximate surface area is 372 Å². The smallest absolute Gasteiger partial charge is 0.149 e. The van der Waals surface area contributed by atoms with Crippen molar-refractivity contribution >= 4 is 11.0 Å². The van der Waals surface area contributed by atoms with E-state index in [1.165, 1.54) is 0 Å². The van der Waals surface area contributed by atoms with Crippen molar-refractivity contribution in [2.75, 3.05) is 0 Å². The topological polar surface area (TPSA) is 50.9 Å². The summed E-state index contributed by atoms with van der Waals surface area (Å²) < 4.78 is 97.1. The molecule has 2 aromatic heterocycles. The SMILES string of the molecule is [2H]c1nc(-c2cc(-c3cccc4c3nc(-c3cc(C(C)C)cc(C(C)C)c3O)n4-c3ccc(C([2H])(C)C)cc3-c3ccccc3)cc(C(C)(C)C)c2)c([2H])c(-c2c([2H])c([2H])c(C([2H])([2H])[2H])c([2H])c2[2H])c1[2H]. The summed E-state index contributed by atoms with van der Waals surface area (Å²) in [4.78, 5) is 9.95. The Hall–Kier alpha value is -6.26. The van der Waals surface area contributed by atoms with E-state index in [1.54, 1.807) is 0 Å². The number of fused-ring (bicyclic) bond motifs is 1. The minimum Gasteiger partial charge on any atom is -0.507 e. The van der Waals surface area contributed by atoms with Gasteiger partial charge in [0.2, 0.25) is 0 Å². The predicted molar refractivity (Wildman–Crippen MR) is 253 cm³/mol. The molecule has 0 saturated heterocycles. The maximum absolute atomic E-state index is 12.3. The lowest BCUT2D eigenvalue weighted by atomic mass is 9.83. The molecule has 0 saturated carbocycles. The Morgan fingerprint density at radius 1 is 0.667 bits per heavy atom. The monoisotopic (exact) mass is 799 g/mol. The van der Waals surface area contributed by atoms with E-state index >= 15 is 0 Å². The van der Waals surface area contributed by atoms with E-state index in [1.807, 2.05) is 139 Å². The summed E-state index contributed by atoms with van der Waals surface area (Å²) in [6.07, 6.45) is -0.575. The fourth-order valence-electron chi connectivity index (χ4n) is 7.64. The van der Waals surface area contributed by atoms with Crippen LogP contribution in [0.2, 0.25) is 0 Å². The highest BCUT2D eigenvalue weighted by molar-refractivity contribution is 5.98. The van der Waals surface area contributed by atoms with Gasteiger partial charge in [0, 0.05) is 28.3 Å². The summed E-state index contributed by atoms with van der Waals surface area (Å²) in [5.41, 5.74) is 7.45. The van der Waals surface area contributed by atoms with Crippen LogP contribution >= 0.6 is 0 Å². The lowest BCUT2D eigenvalue weighted by Crippen LogP contribution is -2.11. The molecular formula is C56H57N3O. The number of benzene rings is 6. The largest absolute Gasteiger partial charge is 0.507 e. The molecule has 8 aromatic rings. The number of hydrogen-bond donors (Lipinski definition) is 1. The van der Waals surface area contributed by atoms with E-state index in [2.05, 4.69) is 29.5 Å². The number of aromatic nitrogens is 3. The van der Waals surface area contributed by atoms with Crippen LogP contribution in [0.15, 0.2) is 139 Å². The molecule has 0 spiro atoms. The summed E-state index contributed by atoms with van der Waals surface area (Å²) in [5.74, 6) is -0.194. The Bertz CT molecular complexity index is 3390. The van der Waals surface area contributed by atoms with Gasteiger partial charge in [0.25, 0.3) is 0 Å². The summed E-state index contributed by atoms with van der Waals surface area (Å²) in [6, 6.07) is 27.5. The standard InChI is InChI=1S/C56H57N3O/c1-34(2)40-23-24-51(48(30-40)39-15-12-11-13-16-39)59-52-18-14-17-46(53(52)58-55(59)49-32-42(35(3)4)31-47(36(5)6)54(49)60)43-27-44(29-45(28-43)56(8,9)10)50-33-41(25-26-57-50)38-21-19-37(7)20-22-38/h11-36,60H,1-10H3/i7D3,19D,20D,21D,22D,25D,26D,33D,34D. The van der Waals surface area contributed by atoms with Crippen LogP contribution in [0.25, 0.3) is 72.7 Å². The third kappa shape index (κ3) is 7.79. The number of para-hydroxylation sites is 1. The van der Waals surface area contributed by atoms with Gasteiger partial charge in [-0.05, 0) is 123 Å². The average Bonchev–Trinajstić information content (AvgIpc) is 3.69. The first-order valence-electron chi connectivity index (χ1n) is 26.0. The lowest BCUT2D eigenvalue weighted by molar-refractivity contribution is 0.466. The van der Waals surface area contributed by atoms with Gasteiger partial charge in [-0.1, -0.05) is 153 Å². The van der Waals surface area contributed by atoms with Crippen molar-refractivity contribution in [3.63, 3.8) is 0 Å². The van der Waals surface area contributed by atoms with Gasteiger partial charge in [-0.2, -0.15) is 0 Å². The van der Waals surface area contributed by atoms with E-state index in [-0.39, 0.29) is 28.8 Å². The second-order valence-corrected chi connectivity index (χ2v) is 17.4. The van der Waals surface area contributed by atoms with Crippen molar-refractivity contribution in [1.82, 2.24) is 14.5 Å². The average molecular weight is 799 g/mol. The zero-order valence-corrected chi connectivity index (χ0v) is 35.7. The molecule has 0 fully saturated rings. The van der Waals surface area contributed by atoms with Gasteiger partial charge in [-0.15, -0.1) is 0 Å². The molecule has 302 valence electrons. The molecule has 8 rings (SSSR count). The normalized spacial score (nSPS) is 15.0. The van der Waals surface area contributed by atoms with Gasteiger partial charge in [-0.3, -0.25) is 9.55 Å². The van der Waals surface area contributed by atoms with Gasteiger partial charge in [-0.25, -0.2) is 4.98 Å². The van der Waals surface area contributed by atoms with Crippen LogP contribution in [0.3, 0.4) is 0 Å². The summed E-state index contributed by atoms with van der Waals surface area (Å²) >= 11 is 0. The minimum atomic E-state index is -2.97. The highest BCUT2D eigenvalue weighted by atomic mass is 16.3. The first-order valence-corrected chi connectivity index (χ1v) is 20.5. The molecule has 0 aliphatic heterocycles. The fraction of sp³-hybridized carbons (Fsp3) is 0.250. The number of pyridine rings is 1. The van der Waals surface area contributed by atoms with Gasteiger partial charge in [0.1, 0.15) is 11.6 Å². The second-order valence-electron chi connectivity index (χ2n) is 17.4. The Morgan fingerprint density at radius 3 is 2.08 bits per heavy atom.